The normalized spacial score (nSPS) is 21.7. The van der Waals surface area contributed by atoms with Gasteiger partial charge in [0.05, 0.1) is 124 Å². The number of pyridine rings is 2. The van der Waals surface area contributed by atoms with Gasteiger partial charge in [-0.05, 0) is 53.6 Å². The lowest BCUT2D eigenvalue weighted by molar-refractivity contribution is -0.0143. The van der Waals surface area contributed by atoms with E-state index in [-0.39, 0.29) is 6.10 Å². The van der Waals surface area contributed by atoms with E-state index >= 15 is 0 Å². The number of aromatic nitrogens is 2. The highest BCUT2D eigenvalue weighted by Crippen LogP contribution is 2.18. The number of hydrogen-bond acceptors (Lipinski definition) is 12. The van der Waals surface area contributed by atoms with Crippen LogP contribution in [-0.2, 0) is 60.6 Å². The first-order valence-corrected chi connectivity index (χ1v) is 15.8. The van der Waals surface area contributed by atoms with Crippen molar-refractivity contribution in [1.82, 2.24) is 9.97 Å². The Kier molecular flexibility index (Phi) is 18.2. The molecule has 0 N–H and O–H groups in total. The molecule has 0 saturated carbocycles. The van der Waals surface area contributed by atoms with Crippen molar-refractivity contribution < 1.29 is 47.4 Å². The van der Waals surface area contributed by atoms with E-state index < -0.39 is 0 Å². The first-order valence-electron chi connectivity index (χ1n) is 15.8. The topological polar surface area (TPSA) is 118 Å². The standard InChI is InChI=1S/C34H46N2O10/c1-2-32-4-3-31(1)45-23-21-41-15-13-37-9-11-39-17-19-43-27-29-5-7-35-33(25-29)34-26-30(6-8-36-34)28-44-20-18-40-12-10-38-14-16-42-22-24-46-32/h1-3,5-8,25-26,31H,9-24,27-28H2. The lowest BCUT2D eigenvalue weighted by Gasteiger charge is -2.13. The quantitative estimate of drug-likeness (QED) is 0.310. The maximum absolute atomic E-state index is 5.78. The van der Waals surface area contributed by atoms with Crippen LogP contribution in [-0.4, -0.2) is 122 Å². The average Bonchev–Trinajstić information content (AvgIpc) is 3.09. The molecule has 1 aliphatic carbocycles. The molecule has 5 rings (SSSR count). The highest BCUT2D eigenvalue weighted by molar-refractivity contribution is 5.55. The molecule has 12 nitrogen and oxygen atoms in total. The average molecular weight is 643 g/mol. The number of fused-ring (bicyclic) bond motifs is 26. The predicted octanol–water partition coefficient (Wildman–Crippen LogP) is 3.30. The monoisotopic (exact) mass is 642 g/mol. The van der Waals surface area contributed by atoms with Gasteiger partial charge in [0.1, 0.15) is 12.7 Å². The first kappa shape index (κ1) is 35.8. The van der Waals surface area contributed by atoms with E-state index in [0.717, 1.165) is 22.5 Å². The van der Waals surface area contributed by atoms with Gasteiger partial charge in [-0.1, -0.05) is 5.73 Å². The number of nitrogens with zero attached hydrogens (tertiary/aromatic N) is 2. The maximum Gasteiger partial charge on any atom is 0.161 e. The highest BCUT2D eigenvalue weighted by atomic mass is 16.6. The van der Waals surface area contributed by atoms with Crippen molar-refractivity contribution in [3.8, 4) is 11.4 Å². The van der Waals surface area contributed by atoms with Crippen LogP contribution in [0.3, 0.4) is 0 Å². The third-order valence-electron chi connectivity index (χ3n) is 6.53. The maximum atomic E-state index is 5.78. The Hall–Kier alpha value is -3.00. The molecule has 3 aliphatic rings. The van der Waals surface area contributed by atoms with Crippen molar-refractivity contribution in [1.29, 1.82) is 0 Å². The van der Waals surface area contributed by atoms with Gasteiger partial charge >= 0.3 is 0 Å². The van der Waals surface area contributed by atoms with Gasteiger partial charge in [0.2, 0.25) is 0 Å². The van der Waals surface area contributed by atoms with Crippen LogP contribution in [0, 0.1) is 0 Å². The molecule has 0 aromatic carbocycles. The second kappa shape index (κ2) is 23.3. The van der Waals surface area contributed by atoms with Crippen LogP contribution >= 0.6 is 0 Å². The lowest BCUT2D eigenvalue weighted by atomic mass is 10.1. The van der Waals surface area contributed by atoms with Gasteiger partial charge in [0.25, 0.3) is 0 Å². The number of ether oxygens (including phenoxy) is 10. The van der Waals surface area contributed by atoms with Gasteiger partial charge in [-0.15, -0.1) is 0 Å². The summed E-state index contributed by atoms with van der Waals surface area (Å²) in [5, 5.41) is 0. The summed E-state index contributed by atoms with van der Waals surface area (Å²) in [5.41, 5.74) is 6.68. The fourth-order valence-electron chi connectivity index (χ4n) is 4.21. The summed E-state index contributed by atoms with van der Waals surface area (Å²) in [4.78, 5) is 8.98. The van der Waals surface area contributed by atoms with Crippen molar-refractivity contribution >= 4 is 0 Å². The highest BCUT2D eigenvalue weighted by Gasteiger charge is 2.07. The molecule has 12 heteroatoms. The van der Waals surface area contributed by atoms with Crippen LogP contribution in [0.15, 0.2) is 66.4 Å². The first-order chi connectivity index (χ1) is 22.9. The Morgan fingerprint density at radius 3 is 1.41 bits per heavy atom. The minimum Gasteiger partial charge on any atom is -0.484 e. The summed E-state index contributed by atoms with van der Waals surface area (Å²) in [5.74, 6) is 0.651. The summed E-state index contributed by atoms with van der Waals surface area (Å²) in [7, 11) is 0. The third-order valence-corrected chi connectivity index (χ3v) is 6.53. The van der Waals surface area contributed by atoms with Gasteiger partial charge < -0.3 is 47.4 Å². The Morgan fingerprint density at radius 1 is 0.522 bits per heavy atom. The fraction of sp³-hybridized carbons (Fsp3) is 0.559. The molecule has 46 heavy (non-hydrogen) atoms. The Bertz CT molecular complexity index is 1200. The molecule has 6 bridgehead atoms. The smallest absolute Gasteiger partial charge is 0.161 e. The van der Waals surface area contributed by atoms with Crippen LogP contribution < -0.4 is 0 Å². The van der Waals surface area contributed by atoms with Crippen molar-refractivity contribution in [3.05, 3.63) is 77.5 Å². The van der Waals surface area contributed by atoms with Crippen molar-refractivity contribution in [2.24, 2.45) is 0 Å². The number of hydrogen-bond donors (Lipinski definition) is 0. The molecule has 1 unspecified atom stereocenters. The van der Waals surface area contributed by atoms with Gasteiger partial charge in [-0.25, -0.2) is 0 Å². The molecule has 1 atom stereocenters. The summed E-state index contributed by atoms with van der Waals surface area (Å²) < 4.78 is 56.5. The second-order valence-corrected chi connectivity index (χ2v) is 10.1. The molecule has 0 amide bonds. The zero-order valence-corrected chi connectivity index (χ0v) is 26.5. The Labute approximate surface area is 271 Å². The zero-order valence-electron chi connectivity index (χ0n) is 26.5. The van der Waals surface area contributed by atoms with E-state index in [1.54, 1.807) is 12.4 Å². The Morgan fingerprint density at radius 2 is 0.957 bits per heavy atom. The third kappa shape index (κ3) is 15.5. The van der Waals surface area contributed by atoms with E-state index in [4.69, 9.17) is 47.4 Å². The summed E-state index contributed by atoms with van der Waals surface area (Å²) in [6.45, 7) is 8.59. The van der Waals surface area contributed by atoms with Crippen molar-refractivity contribution in [2.45, 2.75) is 19.3 Å². The largest absolute Gasteiger partial charge is 0.484 e. The van der Waals surface area contributed by atoms with E-state index in [1.165, 1.54) is 0 Å². The van der Waals surface area contributed by atoms with Gasteiger partial charge in [0.15, 0.2) is 5.76 Å². The molecule has 0 fully saturated rings. The van der Waals surface area contributed by atoms with Crippen molar-refractivity contribution in [2.75, 3.05) is 106 Å². The van der Waals surface area contributed by atoms with E-state index in [9.17, 15) is 0 Å². The van der Waals surface area contributed by atoms with Crippen molar-refractivity contribution in [3.63, 3.8) is 0 Å². The SMILES string of the molecule is C1=CC2C=CC=1OCCOCCOCCOCCOCc1ccnc(c1)-c1cc(ccn1)COCCOCCOCCOCCO2. The van der Waals surface area contributed by atoms with Crippen LogP contribution in [0.5, 0.6) is 0 Å². The van der Waals surface area contributed by atoms with E-state index in [2.05, 4.69) is 15.7 Å². The summed E-state index contributed by atoms with van der Waals surface area (Å²) >= 11 is 0. The molecule has 0 radical (unpaired) electrons. The van der Waals surface area contributed by atoms with Gasteiger partial charge in [0, 0.05) is 12.4 Å². The minimum absolute atomic E-state index is 0.157. The molecular weight excluding hydrogens is 596 g/mol. The lowest BCUT2D eigenvalue weighted by Crippen LogP contribution is -2.16. The van der Waals surface area contributed by atoms with Crippen LogP contribution in [0.25, 0.3) is 11.4 Å². The van der Waals surface area contributed by atoms with Crippen LogP contribution in [0.2, 0.25) is 0 Å². The minimum atomic E-state index is -0.157. The molecule has 4 heterocycles. The number of rotatable bonds is 0. The molecule has 2 aromatic heterocycles. The predicted molar refractivity (Wildman–Crippen MR) is 168 cm³/mol. The molecule has 0 spiro atoms. The molecule has 2 aromatic rings. The molecule has 252 valence electrons. The summed E-state index contributed by atoms with van der Waals surface area (Å²) in [6, 6.07) is 7.84. The van der Waals surface area contributed by atoms with Gasteiger partial charge in [-0.2, -0.15) is 0 Å². The van der Waals surface area contributed by atoms with Gasteiger partial charge in [-0.3, -0.25) is 9.97 Å². The zero-order chi connectivity index (χ0) is 31.7. The van der Waals surface area contributed by atoms with E-state index in [1.807, 2.05) is 42.5 Å². The summed E-state index contributed by atoms with van der Waals surface area (Å²) in [6.07, 6.45) is 8.98. The molecule has 0 saturated heterocycles. The Balaban J connectivity index is 1.16. The fourth-order valence-corrected chi connectivity index (χ4v) is 4.21. The molecular formula is C34H46N2O10. The van der Waals surface area contributed by atoms with Crippen LogP contribution in [0.1, 0.15) is 11.1 Å². The molecule has 2 aliphatic heterocycles. The van der Waals surface area contributed by atoms with E-state index in [0.29, 0.717) is 125 Å². The second-order valence-electron chi connectivity index (χ2n) is 10.1. The van der Waals surface area contributed by atoms with Crippen LogP contribution in [0.4, 0.5) is 0 Å².